The Morgan fingerprint density at radius 1 is 1.36 bits per heavy atom. The highest BCUT2D eigenvalue weighted by molar-refractivity contribution is 8.76. The molecule has 0 aromatic carbocycles. The highest BCUT2D eigenvalue weighted by Crippen LogP contribution is 2.38. The number of rotatable bonds is 4. The lowest BCUT2D eigenvalue weighted by Crippen LogP contribution is -2.12. The van der Waals surface area contributed by atoms with E-state index in [1.807, 2.05) is 6.26 Å². The Hall–Kier alpha value is 1.57. The van der Waals surface area contributed by atoms with Crippen LogP contribution in [0.2, 0.25) is 0 Å². The molecule has 0 heterocycles. The molecule has 0 aliphatic heterocycles. The van der Waals surface area contributed by atoms with Crippen LogP contribution in [0.25, 0.3) is 0 Å². The van der Waals surface area contributed by atoms with E-state index < -0.39 is 3.79 Å². The second-order valence-electron chi connectivity index (χ2n) is 2.11. The fourth-order valence-electron chi connectivity index (χ4n) is 0.641. The van der Waals surface area contributed by atoms with Crippen LogP contribution in [-0.4, -0.2) is 15.3 Å². The SMILES string of the molecule is CCC(CC(Cl)(Cl)Cl)SSC. The first-order chi connectivity index (χ1) is 4.99. The van der Waals surface area contributed by atoms with Gasteiger partial charge in [0.25, 0.3) is 0 Å². The van der Waals surface area contributed by atoms with Gasteiger partial charge in [-0.3, -0.25) is 0 Å². The van der Waals surface area contributed by atoms with Crippen LogP contribution in [0.3, 0.4) is 0 Å². The molecule has 0 bridgehead atoms. The molecule has 0 spiro atoms. The van der Waals surface area contributed by atoms with Crippen molar-refractivity contribution in [1.82, 2.24) is 0 Å². The molecule has 5 heteroatoms. The highest BCUT2D eigenvalue weighted by Gasteiger charge is 2.24. The molecule has 11 heavy (non-hydrogen) atoms. The van der Waals surface area contributed by atoms with Crippen LogP contribution in [-0.2, 0) is 0 Å². The first-order valence-corrected chi connectivity index (χ1v) is 7.01. The molecule has 0 rings (SSSR count). The van der Waals surface area contributed by atoms with Crippen LogP contribution in [0.1, 0.15) is 19.8 Å². The summed E-state index contributed by atoms with van der Waals surface area (Å²) in [6.07, 6.45) is 3.70. The molecule has 0 fully saturated rings. The largest absolute Gasteiger partial charge is 0.191 e. The van der Waals surface area contributed by atoms with Crippen molar-refractivity contribution in [2.45, 2.75) is 28.8 Å². The number of hydrogen-bond donors (Lipinski definition) is 0. The van der Waals surface area contributed by atoms with Crippen LogP contribution in [0.4, 0.5) is 0 Å². The zero-order chi connectivity index (χ0) is 8.91. The van der Waals surface area contributed by atoms with Gasteiger partial charge < -0.3 is 0 Å². The molecule has 68 valence electrons. The van der Waals surface area contributed by atoms with E-state index in [4.69, 9.17) is 34.8 Å². The van der Waals surface area contributed by atoms with Gasteiger partial charge >= 0.3 is 0 Å². The van der Waals surface area contributed by atoms with Crippen LogP contribution < -0.4 is 0 Å². The van der Waals surface area contributed by atoms with Crippen LogP contribution in [0.15, 0.2) is 0 Å². The molecular formula is C6H11Cl3S2. The Morgan fingerprint density at radius 3 is 2.18 bits per heavy atom. The lowest BCUT2D eigenvalue weighted by atomic mass is 10.3. The van der Waals surface area contributed by atoms with Crippen molar-refractivity contribution >= 4 is 56.4 Å². The molecule has 0 radical (unpaired) electrons. The van der Waals surface area contributed by atoms with Gasteiger partial charge in [0, 0.05) is 11.7 Å². The zero-order valence-electron chi connectivity index (χ0n) is 6.44. The molecule has 1 atom stereocenters. The third-order valence-electron chi connectivity index (χ3n) is 1.15. The molecule has 0 aromatic heterocycles. The maximum absolute atomic E-state index is 5.65. The summed E-state index contributed by atoms with van der Waals surface area (Å²) in [7, 11) is 3.48. The number of halogens is 3. The van der Waals surface area contributed by atoms with Gasteiger partial charge in [-0.1, -0.05) is 63.3 Å². The van der Waals surface area contributed by atoms with Crippen LogP contribution in [0, 0.1) is 0 Å². The number of hydrogen-bond acceptors (Lipinski definition) is 2. The van der Waals surface area contributed by atoms with Crippen LogP contribution in [0.5, 0.6) is 0 Å². The average Bonchev–Trinajstić information content (AvgIpc) is 1.84. The Bertz CT molecular complexity index is 102. The Kier molecular flexibility index (Phi) is 6.96. The highest BCUT2D eigenvalue weighted by atomic mass is 35.6. The Balaban J connectivity index is 3.68. The van der Waals surface area contributed by atoms with Gasteiger partial charge in [0.1, 0.15) is 0 Å². The van der Waals surface area contributed by atoms with Crippen molar-refractivity contribution < 1.29 is 0 Å². The first kappa shape index (κ1) is 12.6. The topological polar surface area (TPSA) is 0 Å². The molecule has 0 nitrogen and oxygen atoms in total. The third kappa shape index (κ3) is 7.92. The second kappa shape index (κ2) is 6.09. The lowest BCUT2D eigenvalue weighted by molar-refractivity contribution is 0.757. The van der Waals surface area contributed by atoms with Crippen LogP contribution >= 0.6 is 56.4 Å². The van der Waals surface area contributed by atoms with Crippen molar-refractivity contribution in [2.75, 3.05) is 6.26 Å². The predicted octanol–water partition coefficient (Wildman–Crippen LogP) is 4.54. The maximum atomic E-state index is 5.65. The molecule has 0 aromatic rings. The molecule has 0 amide bonds. The summed E-state index contributed by atoms with van der Waals surface area (Å²) in [4.78, 5) is 0. The quantitative estimate of drug-likeness (QED) is 0.533. The summed E-state index contributed by atoms with van der Waals surface area (Å²) in [5.41, 5.74) is 0. The van der Waals surface area contributed by atoms with E-state index in [0.717, 1.165) is 6.42 Å². The van der Waals surface area contributed by atoms with Gasteiger partial charge in [-0.2, -0.15) is 0 Å². The zero-order valence-corrected chi connectivity index (χ0v) is 10.3. The van der Waals surface area contributed by atoms with E-state index in [1.165, 1.54) is 0 Å². The van der Waals surface area contributed by atoms with Gasteiger partial charge in [0.2, 0.25) is 0 Å². The maximum Gasteiger partial charge on any atom is 0.191 e. The van der Waals surface area contributed by atoms with E-state index in [9.17, 15) is 0 Å². The van der Waals surface area contributed by atoms with Gasteiger partial charge in [-0.15, -0.1) is 0 Å². The minimum absolute atomic E-state index is 0.442. The normalized spacial score (nSPS) is 15.0. The van der Waals surface area contributed by atoms with E-state index in [1.54, 1.807) is 21.6 Å². The van der Waals surface area contributed by atoms with Crippen molar-refractivity contribution in [3.63, 3.8) is 0 Å². The van der Waals surface area contributed by atoms with Gasteiger partial charge in [0.05, 0.1) is 0 Å². The molecule has 0 aliphatic rings. The predicted molar refractivity (Wildman–Crippen MR) is 60.1 cm³/mol. The van der Waals surface area contributed by atoms with E-state index in [2.05, 4.69) is 6.92 Å². The average molecular weight is 254 g/mol. The summed E-state index contributed by atoms with van der Waals surface area (Å²) in [6.45, 7) is 2.10. The van der Waals surface area contributed by atoms with E-state index in [-0.39, 0.29) is 0 Å². The van der Waals surface area contributed by atoms with Crippen molar-refractivity contribution in [1.29, 1.82) is 0 Å². The van der Waals surface area contributed by atoms with E-state index in [0.29, 0.717) is 11.7 Å². The Morgan fingerprint density at radius 2 is 1.91 bits per heavy atom. The standard InChI is InChI=1S/C6H11Cl3S2/c1-3-5(11-10-2)4-6(7,8)9/h5H,3-4H2,1-2H3. The number of alkyl halides is 3. The fourth-order valence-corrected chi connectivity index (χ4v) is 3.63. The summed E-state index contributed by atoms with van der Waals surface area (Å²) in [6, 6.07) is 0. The molecule has 0 saturated heterocycles. The van der Waals surface area contributed by atoms with Gasteiger partial charge in [0.15, 0.2) is 3.79 Å². The molecule has 0 aliphatic carbocycles. The minimum atomic E-state index is -1.09. The lowest BCUT2D eigenvalue weighted by Gasteiger charge is -2.17. The first-order valence-electron chi connectivity index (χ1n) is 3.25. The summed E-state index contributed by atoms with van der Waals surface area (Å²) >= 11 is 17.0. The van der Waals surface area contributed by atoms with Crippen molar-refractivity contribution in [3.05, 3.63) is 0 Å². The van der Waals surface area contributed by atoms with Crippen molar-refractivity contribution in [2.24, 2.45) is 0 Å². The summed E-state index contributed by atoms with van der Waals surface area (Å²) < 4.78 is -1.09. The van der Waals surface area contributed by atoms with E-state index >= 15 is 0 Å². The van der Waals surface area contributed by atoms with Gasteiger partial charge in [-0.25, -0.2) is 0 Å². The smallest absolute Gasteiger partial charge is 0.0973 e. The Labute approximate surface area is 91.1 Å². The van der Waals surface area contributed by atoms with Crippen molar-refractivity contribution in [3.8, 4) is 0 Å². The molecule has 0 saturated carbocycles. The monoisotopic (exact) mass is 252 g/mol. The summed E-state index contributed by atoms with van der Waals surface area (Å²) in [5.74, 6) is 0. The summed E-state index contributed by atoms with van der Waals surface area (Å²) in [5, 5.41) is 0.442. The second-order valence-corrected chi connectivity index (χ2v) is 7.40. The third-order valence-corrected chi connectivity index (χ3v) is 3.97. The molecular weight excluding hydrogens is 243 g/mol. The minimum Gasteiger partial charge on any atom is -0.0973 e. The van der Waals surface area contributed by atoms with Gasteiger partial charge in [-0.05, 0) is 12.7 Å². The molecule has 1 unspecified atom stereocenters. The molecule has 0 N–H and O–H groups in total. The fraction of sp³-hybridized carbons (Fsp3) is 1.00.